The van der Waals surface area contributed by atoms with Gasteiger partial charge in [0.1, 0.15) is 6.54 Å². The molecule has 0 spiro atoms. The molecule has 0 aliphatic rings. The number of nitro groups is 1. The van der Waals surface area contributed by atoms with Crippen LogP contribution in [-0.4, -0.2) is 45.3 Å². The smallest absolute Gasteiger partial charge is 0.269 e. The Morgan fingerprint density at radius 3 is 2.50 bits per heavy atom. The molecule has 0 unspecified atom stereocenters. The van der Waals surface area contributed by atoms with E-state index in [1.807, 2.05) is 0 Å². The predicted molar refractivity (Wildman–Crippen MR) is 98.1 cm³/mol. The molecule has 1 heterocycles. The Morgan fingerprint density at radius 2 is 1.86 bits per heavy atom. The molecule has 0 atom stereocenters. The van der Waals surface area contributed by atoms with Gasteiger partial charge >= 0.3 is 0 Å². The number of benzene rings is 2. The van der Waals surface area contributed by atoms with Crippen molar-refractivity contribution in [1.29, 1.82) is 0 Å². The highest BCUT2D eigenvalue weighted by Gasteiger charge is 2.13. The van der Waals surface area contributed by atoms with Gasteiger partial charge in [-0.1, -0.05) is 0 Å². The number of anilines is 1. The maximum atomic E-state index is 12.1. The van der Waals surface area contributed by atoms with Crippen LogP contribution in [0.1, 0.15) is 0 Å². The molecular weight excluding hydrogens is 368 g/mol. The topological polar surface area (TPSA) is 134 Å². The molecule has 3 rings (SSSR count). The van der Waals surface area contributed by atoms with E-state index >= 15 is 0 Å². The van der Waals surface area contributed by atoms with E-state index in [0.29, 0.717) is 28.6 Å². The molecule has 1 aromatic heterocycles. The molecule has 0 saturated heterocycles. The zero-order valence-corrected chi connectivity index (χ0v) is 15.0. The Morgan fingerprint density at radius 1 is 1.14 bits per heavy atom. The van der Waals surface area contributed by atoms with Crippen LogP contribution in [0.4, 0.5) is 11.4 Å². The lowest BCUT2D eigenvalue weighted by Gasteiger charge is -2.07. The van der Waals surface area contributed by atoms with Crippen molar-refractivity contribution in [2.24, 2.45) is 0 Å². The Hall–Kier alpha value is -4.02. The third-order valence-corrected chi connectivity index (χ3v) is 3.74. The van der Waals surface area contributed by atoms with Gasteiger partial charge in [-0.15, -0.1) is 10.2 Å². The summed E-state index contributed by atoms with van der Waals surface area (Å²) in [4.78, 5) is 23.4. The standard InChI is InChI=1S/C17H16N6O5/c1-27-14-8-3-11(9-15(14)28-2)17-19-21-22(20-17)10-16(24)18-12-4-6-13(7-5-12)23(25)26/h3-9H,10H2,1-2H3,(H,18,24). The summed E-state index contributed by atoms with van der Waals surface area (Å²) in [5.41, 5.74) is 1.02. The number of nitro benzene ring substituents is 1. The Labute approximate surface area is 159 Å². The number of aromatic nitrogens is 4. The number of carbonyl (C=O) groups excluding carboxylic acids is 1. The number of hydrogen-bond donors (Lipinski definition) is 1. The minimum Gasteiger partial charge on any atom is -0.493 e. The minimum atomic E-state index is -0.513. The van der Waals surface area contributed by atoms with Crippen LogP contribution in [-0.2, 0) is 11.3 Å². The molecule has 2 aromatic carbocycles. The van der Waals surface area contributed by atoms with Gasteiger partial charge in [-0.05, 0) is 35.5 Å². The third-order valence-electron chi connectivity index (χ3n) is 3.74. The van der Waals surface area contributed by atoms with Gasteiger partial charge in [-0.3, -0.25) is 14.9 Å². The van der Waals surface area contributed by atoms with Crippen LogP contribution in [0.3, 0.4) is 0 Å². The van der Waals surface area contributed by atoms with Gasteiger partial charge in [0.2, 0.25) is 11.7 Å². The number of rotatable bonds is 7. The second kappa shape index (κ2) is 8.12. The highest BCUT2D eigenvalue weighted by molar-refractivity contribution is 5.90. The summed E-state index contributed by atoms with van der Waals surface area (Å²) in [6, 6.07) is 10.7. The molecule has 1 amide bonds. The van der Waals surface area contributed by atoms with Gasteiger partial charge in [0.05, 0.1) is 19.1 Å². The lowest BCUT2D eigenvalue weighted by molar-refractivity contribution is -0.384. The van der Waals surface area contributed by atoms with Crippen molar-refractivity contribution < 1.29 is 19.2 Å². The monoisotopic (exact) mass is 384 g/mol. The van der Waals surface area contributed by atoms with E-state index in [-0.39, 0.29) is 12.2 Å². The van der Waals surface area contributed by atoms with Crippen molar-refractivity contribution in [2.45, 2.75) is 6.54 Å². The number of tetrazole rings is 1. The second-order valence-electron chi connectivity index (χ2n) is 5.57. The number of non-ortho nitro benzene ring substituents is 1. The number of ether oxygens (including phenoxy) is 2. The van der Waals surface area contributed by atoms with Crippen LogP contribution in [0.2, 0.25) is 0 Å². The van der Waals surface area contributed by atoms with Crippen molar-refractivity contribution in [2.75, 3.05) is 19.5 Å². The van der Waals surface area contributed by atoms with Crippen LogP contribution in [0.15, 0.2) is 42.5 Å². The van der Waals surface area contributed by atoms with Gasteiger partial charge < -0.3 is 14.8 Å². The fourth-order valence-corrected chi connectivity index (χ4v) is 2.40. The zero-order valence-electron chi connectivity index (χ0n) is 15.0. The number of hydrogen-bond acceptors (Lipinski definition) is 8. The zero-order chi connectivity index (χ0) is 20.1. The second-order valence-corrected chi connectivity index (χ2v) is 5.57. The van der Waals surface area contributed by atoms with Crippen molar-refractivity contribution in [3.63, 3.8) is 0 Å². The summed E-state index contributed by atoms with van der Waals surface area (Å²) in [5.74, 6) is 1.02. The molecule has 0 fully saturated rings. The maximum absolute atomic E-state index is 12.1. The summed E-state index contributed by atoms with van der Waals surface area (Å²) < 4.78 is 10.4. The molecule has 0 radical (unpaired) electrons. The quantitative estimate of drug-likeness (QED) is 0.482. The fraction of sp³-hybridized carbons (Fsp3) is 0.176. The normalized spacial score (nSPS) is 10.4. The molecule has 1 N–H and O–H groups in total. The Balaban J connectivity index is 1.67. The van der Waals surface area contributed by atoms with E-state index < -0.39 is 10.8 Å². The van der Waals surface area contributed by atoms with E-state index in [1.54, 1.807) is 18.2 Å². The van der Waals surface area contributed by atoms with E-state index in [9.17, 15) is 14.9 Å². The molecule has 28 heavy (non-hydrogen) atoms. The van der Waals surface area contributed by atoms with Gasteiger partial charge in [-0.2, -0.15) is 4.80 Å². The molecule has 3 aromatic rings. The average Bonchev–Trinajstić information content (AvgIpc) is 3.16. The van der Waals surface area contributed by atoms with Crippen molar-refractivity contribution in [3.8, 4) is 22.9 Å². The first-order chi connectivity index (χ1) is 13.5. The summed E-state index contributed by atoms with van der Waals surface area (Å²) in [6.45, 7) is -0.169. The SMILES string of the molecule is COc1ccc(-c2nnn(CC(=O)Nc3ccc([N+](=O)[O-])cc3)n2)cc1OC. The summed E-state index contributed by atoms with van der Waals surface area (Å²) >= 11 is 0. The van der Waals surface area contributed by atoms with E-state index in [1.165, 1.54) is 38.5 Å². The molecule has 11 heteroatoms. The van der Waals surface area contributed by atoms with E-state index in [2.05, 4.69) is 20.7 Å². The molecule has 144 valence electrons. The van der Waals surface area contributed by atoms with Crippen LogP contribution < -0.4 is 14.8 Å². The van der Waals surface area contributed by atoms with E-state index in [4.69, 9.17) is 9.47 Å². The highest BCUT2D eigenvalue weighted by atomic mass is 16.6. The maximum Gasteiger partial charge on any atom is 0.269 e. The Kier molecular flexibility index (Phi) is 5.44. The predicted octanol–water partition coefficient (Wildman–Crippen LogP) is 1.90. The third kappa shape index (κ3) is 4.20. The largest absolute Gasteiger partial charge is 0.493 e. The van der Waals surface area contributed by atoms with Gasteiger partial charge in [0.15, 0.2) is 11.5 Å². The van der Waals surface area contributed by atoms with Crippen molar-refractivity contribution >= 4 is 17.3 Å². The number of methoxy groups -OCH3 is 2. The molecular formula is C17H16N6O5. The molecule has 0 aliphatic carbocycles. The molecule has 0 bridgehead atoms. The first-order valence-electron chi connectivity index (χ1n) is 8.04. The number of carbonyl (C=O) groups is 1. The molecule has 0 aliphatic heterocycles. The van der Waals surface area contributed by atoms with Crippen LogP contribution in [0, 0.1) is 10.1 Å². The number of nitrogens with one attached hydrogen (secondary N) is 1. The lowest BCUT2D eigenvalue weighted by Crippen LogP contribution is -2.20. The number of nitrogens with zero attached hydrogens (tertiary/aromatic N) is 5. The van der Waals surface area contributed by atoms with Crippen LogP contribution in [0.25, 0.3) is 11.4 Å². The average molecular weight is 384 g/mol. The van der Waals surface area contributed by atoms with E-state index in [0.717, 1.165) is 4.80 Å². The van der Waals surface area contributed by atoms with Crippen molar-refractivity contribution in [1.82, 2.24) is 20.2 Å². The van der Waals surface area contributed by atoms with Crippen LogP contribution >= 0.6 is 0 Å². The van der Waals surface area contributed by atoms with Crippen LogP contribution in [0.5, 0.6) is 11.5 Å². The molecule has 0 saturated carbocycles. The first-order valence-corrected chi connectivity index (χ1v) is 8.04. The summed E-state index contributed by atoms with van der Waals surface area (Å²) in [7, 11) is 3.06. The molecule has 11 nitrogen and oxygen atoms in total. The van der Waals surface area contributed by atoms with Gasteiger partial charge in [0, 0.05) is 23.4 Å². The first kappa shape index (κ1) is 18.8. The minimum absolute atomic E-state index is 0.0597. The Bertz CT molecular complexity index is 1000. The summed E-state index contributed by atoms with van der Waals surface area (Å²) in [6.07, 6.45) is 0. The van der Waals surface area contributed by atoms with Gasteiger partial charge in [0.25, 0.3) is 5.69 Å². The summed E-state index contributed by atoms with van der Waals surface area (Å²) in [5, 5.41) is 25.2. The fourth-order valence-electron chi connectivity index (χ4n) is 2.40. The lowest BCUT2D eigenvalue weighted by atomic mass is 10.2. The van der Waals surface area contributed by atoms with Crippen molar-refractivity contribution in [3.05, 3.63) is 52.6 Å². The highest BCUT2D eigenvalue weighted by Crippen LogP contribution is 2.30. The van der Waals surface area contributed by atoms with Gasteiger partial charge in [-0.25, -0.2) is 0 Å². The number of amides is 1.